The zero-order chi connectivity index (χ0) is 20.9. The van der Waals surface area contributed by atoms with Gasteiger partial charge >= 0.3 is 0 Å². The van der Waals surface area contributed by atoms with E-state index in [9.17, 15) is 13.2 Å². The van der Waals surface area contributed by atoms with Crippen molar-refractivity contribution in [3.63, 3.8) is 0 Å². The Morgan fingerprint density at radius 1 is 1.21 bits per heavy atom. The second-order valence-electron chi connectivity index (χ2n) is 7.11. The fourth-order valence-corrected chi connectivity index (χ4v) is 4.31. The number of rotatable bonds is 7. The van der Waals surface area contributed by atoms with Crippen molar-refractivity contribution in [2.24, 2.45) is 0 Å². The van der Waals surface area contributed by atoms with Crippen molar-refractivity contribution in [2.75, 3.05) is 31.2 Å². The van der Waals surface area contributed by atoms with E-state index in [1.165, 1.54) is 6.07 Å². The molecule has 156 valence electrons. The zero-order valence-corrected chi connectivity index (χ0v) is 17.4. The molecule has 1 saturated heterocycles. The lowest BCUT2D eigenvalue weighted by molar-refractivity contribution is 0.0950. The molecule has 2 heterocycles. The molecule has 1 aromatic carbocycles. The number of hydrogen-bond donors (Lipinski definition) is 2. The molecule has 2 aromatic rings. The number of carbonyl (C=O) groups excluding carboxylic acids is 1. The Morgan fingerprint density at radius 3 is 2.62 bits per heavy atom. The Labute approximate surface area is 171 Å². The Bertz CT molecular complexity index is 939. The van der Waals surface area contributed by atoms with Gasteiger partial charge in [0.05, 0.1) is 23.7 Å². The summed E-state index contributed by atoms with van der Waals surface area (Å²) in [6, 6.07) is 9.89. The lowest BCUT2D eigenvalue weighted by Crippen LogP contribution is -2.36. The van der Waals surface area contributed by atoms with Crippen LogP contribution in [0.3, 0.4) is 0 Å². The lowest BCUT2D eigenvalue weighted by atomic mass is 10.2. The van der Waals surface area contributed by atoms with Crippen LogP contribution in [0.1, 0.15) is 29.8 Å². The number of ether oxygens (including phenoxy) is 1. The topological polar surface area (TPSA) is 101 Å². The summed E-state index contributed by atoms with van der Waals surface area (Å²) >= 11 is 0. The Balaban J connectivity index is 1.61. The predicted octanol–water partition coefficient (Wildman–Crippen LogP) is 1.53. The fraction of sp³-hybridized carbons (Fsp3) is 0.400. The molecule has 3 rings (SSSR count). The van der Waals surface area contributed by atoms with Gasteiger partial charge in [-0.1, -0.05) is 12.1 Å². The van der Waals surface area contributed by atoms with Crippen LogP contribution in [0.4, 0.5) is 5.82 Å². The van der Waals surface area contributed by atoms with E-state index in [0.717, 1.165) is 18.9 Å². The molecule has 8 nitrogen and oxygen atoms in total. The number of aromatic nitrogens is 1. The quantitative estimate of drug-likeness (QED) is 0.707. The molecule has 1 fully saturated rings. The van der Waals surface area contributed by atoms with Gasteiger partial charge in [-0.25, -0.2) is 18.1 Å². The summed E-state index contributed by atoms with van der Waals surface area (Å²) in [5.41, 5.74) is 1.15. The molecular formula is C20H26N4O4S. The minimum absolute atomic E-state index is 0.175. The van der Waals surface area contributed by atoms with E-state index in [4.69, 9.17) is 4.74 Å². The number of morpholine rings is 1. The molecule has 1 aromatic heterocycles. The van der Waals surface area contributed by atoms with E-state index < -0.39 is 10.0 Å². The smallest absolute Gasteiger partial charge is 0.253 e. The number of benzene rings is 1. The number of nitrogens with one attached hydrogen (secondary N) is 2. The molecule has 0 unspecified atom stereocenters. The summed E-state index contributed by atoms with van der Waals surface area (Å²) in [7, 11) is -3.57. The SMILES string of the molecule is CC(C)NS(=O)(=O)c1cccc(CNC(=O)c2ccc(N3CCOCC3)nc2)c1. The van der Waals surface area contributed by atoms with E-state index in [1.807, 2.05) is 6.07 Å². The highest BCUT2D eigenvalue weighted by atomic mass is 32.2. The number of carbonyl (C=O) groups is 1. The van der Waals surface area contributed by atoms with Crippen LogP contribution in [0.2, 0.25) is 0 Å². The van der Waals surface area contributed by atoms with Crippen molar-refractivity contribution in [3.8, 4) is 0 Å². The molecule has 1 amide bonds. The second-order valence-corrected chi connectivity index (χ2v) is 8.82. The first-order valence-corrected chi connectivity index (χ1v) is 11.0. The molecule has 2 N–H and O–H groups in total. The molecule has 0 radical (unpaired) electrons. The summed E-state index contributed by atoms with van der Waals surface area (Å²) in [4.78, 5) is 19.1. The van der Waals surface area contributed by atoms with Gasteiger partial charge in [0.15, 0.2) is 0 Å². The molecule has 9 heteroatoms. The third-order valence-corrected chi connectivity index (χ3v) is 6.05. The summed E-state index contributed by atoms with van der Waals surface area (Å²) < 4.78 is 32.5. The minimum atomic E-state index is -3.57. The van der Waals surface area contributed by atoms with Crippen LogP contribution in [0.15, 0.2) is 47.5 Å². The average Bonchev–Trinajstić information content (AvgIpc) is 2.72. The molecule has 0 saturated carbocycles. The molecule has 29 heavy (non-hydrogen) atoms. The maximum atomic E-state index is 12.4. The number of anilines is 1. The third kappa shape index (κ3) is 5.75. The van der Waals surface area contributed by atoms with E-state index in [0.29, 0.717) is 24.3 Å². The maximum Gasteiger partial charge on any atom is 0.253 e. The maximum absolute atomic E-state index is 12.4. The fourth-order valence-electron chi connectivity index (χ4n) is 2.99. The lowest BCUT2D eigenvalue weighted by Gasteiger charge is -2.27. The predicted molar refractivity (Wildman–Crippen MR) is 110 cm³/mol. The first-order valence-electron chi connectivity index (χ1n) is 9.53. The first kappa shape index (κ1) is 21.2. The van der Waals surface area contributed by atoms with Crippen molar-refractivity contribution in [1.29, 1.82) is 0 Å². The highest BCUT2D eigenvalue weighted by Crippen LogP contribution is 2.14. The van der Waals surface area contributed by atoms with Gasteiger partial charge in [0.25, 0.3) is 5.91 Å². The highest BCUT2D eigenvalue weighted by molar-refractivity contribution is 7.89. The number of sulfonamides is 1. The van der Waals surface area contributed by atoms with Crippen LogP contribution < -0.4 is 14.9 Å². The first-order chi connectivity index (χ1) is 13.8. The van der Waals surface area contributed by atoms with Gasteiger partial charge in [0.2, 0.25) is 10.0 Å². The molecular weight excluding hydrogens is 392 g/mol. The van der Waals surface area contributed by atoms with Gasteiger partial charge < -0.3 is 15.0 Å². The van der Waals surface area contributed by atoms with Crippen LogP contribution in [0.25, 0.3) is 0 Å². The van der Waals surface area contributed by atoms with Gasteiger partial charge in [-0.3, -0.25) is 4.79 Å². The number of nitrogens with zero attached hydrogens (tertiary/aromatic N) is 2. The number of amides is 1. The van der Waals surface area contributed by atoms with Gasteiger partial charge in [-0.15, -0.1) is 0 Å². The molecule has 0 spiro atoms. The van der Waals surface area contributed by atoms with Gasteiger partial charge in [-0.2, -0.15) is 0 Å². The van der Waals surface area contributed by atoms with E-state index >= 15 is 0 Å². The average molecular weight is 419 g/mol. The van der Waals surface area contributed by atoms with E-state index in [-0.39, 0.29) is 23.4 Å². The summed E-state index contributed by atoms with van der Waals surface area (Å²) in [5.74, 6) is 0.556. The standard InChI is InChI=1S/C20H26N4O4S/c1-15(2)23-29(26,27)18-5-3-4-16(12-18)13-22-20(25)17-6-7-19(21-14-17)24-8-10-28-11-9-24/h3-7,12,14-15,23H,8-11,13H2,1-2H3,(H,22,25). The number of hydrogen-bond acceptors (Lipinski definition) is 6. The largest absolute Gasteiger partial charge is 0.378 e. The van der Waals surface area contributed by atoms with Crippen LogP contribution in [0, 0.1) is 0 Å². The van der Waals surface area contributed by atoms with Gasteiger partial charge in [-0.05, 0) is 43.7 Å². The van der Waals surface area contributed by atoms with Crippen LogP contribution >= 0.6 is 0 Å². The van der Waals surface area contributed by atoms with E-state index in [1.54, 1.807) is 44.3 Å². The Hall–Kier alpha value is -2.49. The van der Waals surface area contributed by atoms with Crippen molar-refractivity contribution >= 4 is 21.7 Å². The Kier molecular flexibility index (Phi) is 6.83. The third-order valence-electron chi connectivity index (χ3n) is 4.40. The van der Waals surface area contributed by atoms with Gasteiger partial charge in [0.1, 0.15) is 5.82 Å². The molecule has 0 bridgehead atoms. The van der Waals surface area contributed by atoms with Crippen LogP contribution in [-0.2, 0) is 21.3 Å². The number of pyridine rings is 1. The van der Waals surface area contributed by atoms with Crippen LogP contribution in [-0.4, -0.2) is 51.7 Å². The second kappa shape index (κ2) is 9.34. The van der Waals surface area contributed by atoms with Crippen LogP contribution in [0.5, 0.6) is 0 Å². The summed E-state index contributed by atoms with van der Waals surface area (Å²) in [5, 5.41) is 2.81. The minimum Gasteiger partial charge on any atom is -0.378 e. The van der Waals surface area contributed by atoms with Crippen molar-refractivity contribution in [3.05, 3.63) is 53.7 Å². The zero-order valence-electron chi connectivity index (χ0n) is 16.6. The Morgan fingerprint density at radius 2 is 1.97 bits per heavy atom. The molecule has 0 aliphatic carbocycles. The summed E-state index contributed by atoms with van der Waals surface area (Å²) in [6.45, 7) is 6.65. The molecule has 1 aliphatic heterocycles. The normalized spacial score (nSPS) is 14.8. The molecule has 1 aliphatic rings. The van der Waals surface area contributed by atoms with Crippen molar-refractivity contribution < 1.29 is 17.9 Å². The highest BCUT2D eigenvalue weighted by Gasteiger charge is 2.16. The van der Waals surface area contributed by atoms with E-state index in [2.05, 4.69) is 19.9 Å². The van der Waals surface area contributed by atoms with Gasteiger partial charge in [0, 0.05) is 31.9 Å². The van der Waals surface area contributed by atoms with Crippen molar-refractivity contribution in [1.82, 2.24) is 15.0 Å². The summed E-state index contributed by atoms with van der Waals surface area (Å²) in [6.07, 6.45) is 1.55. The molecule has 0 atom stereocenters. The van der Waals surface area contributed by atoms with Crippen molar-refractivity contribution in [2.45, 2.75) is 31.3 Å². The monoisotopic (exact) mass is 418 g/mol.